The molecular formula is C32H35FN6O2S. The molecule has 2 N–H and O–H groups in total. The van der Waals surface area contributed by atoms with Crippen molar-refractivity contribution in [2.45, 2.75) is 58.4 Å². The van der Waals surface area contributed by atoms with Crippen molar-refractivity contribution in [3.8, 4) is 11.3 Å². The zero-order valence-corrected chi connectivity index (χ0v) is 25.0. The number of thiophene rings is 1. The number of benzene rings is 1. The molecule has 5 heterocycles. The summed E-state index contributed by atoms with van der Waals surface area (Å²) >= 11 is 1.75. The third-order valence-electron chi connectivity index (χ3n) is 9.65. The summed E-state index contributed by atoms with van der Waals surface area (Å²) in [6.45, 7) is 7.89. The quantitative estimate of drug-likeness (QED) is 0.319. The lowest BCUT2D eigenvalue weighted by molar-refractivity contribution is -0.128. The van der Waals surface area contributed by atoms with E-state index in [0.29, 0.717) is 41.6 Å². The molecule has 4 aromatic rings. The van der Waals surface area contributed by atoms with Crippen molar-refractivity contribution in [3.63, 3.8) is 0 Å². The number of anilines is 1. The van der Waals surface area contributed by atoms with Gasteiger partial charge in [0.1, 0.15) is 11.5 Å². The lowest BCUT2D eigenvalue weighted by Crippen LogP contribution is -2.39. The number of fused-ring (bicyclic) bond motifs is 2. The van der Waals surface area contributed by atoms with E-state index < -0.39 is 5.41 Å². The van der Waals surface area contributed by atoms with Crippen molar-refractivity contribution in [2.75, 3.05) is 24.5 Å². The number of aromatic nitrogens is 3. The van der Waals surface area contributed by atoms with Crippen LogP contribution in [0.5, 0.6) is 0 Å². The first-order chi connectivity index (χ1) is 20.1. The molecule has 3 aliphatic rings. The molecule has 42 heavy (non-hydrogen) atoms. The van der Waals surface area contributed by atoms with Gasteiger partial charge in [-0.05, 0) is 79.8 Å². The number of rotatable bonds is 6. The molecule has 1 saturated heterocycles. The van der Waals surface area contributed by atoms with E-state index in [4.69, 9.17) is 15.8 Å². The second-order valence-electron chi connectivity index (χ2n) is 12.5. The average Bonchev–Trinajstić information content (AvgIpc) is 3.34. The lowest BCUT2D eigenvalue weighted by Gasteiger charge is -2.33. The Morgan fingerprint density at radius 3 is 2.64 bits per heavy atom. The number of carbonyl (C=O) groups is 2. The maximum absolute atomic E-state index is 15.6. The van der Waals surface area contributed by atoms with Crippen LogP contribution < -0.4 is 10.6 Å². The fraction of sp³-hybridized carbons (Fsp3) is 0.438. The lowest BCUT2D eigenvalue weighted by atomic mass is 9.78. The molecule has 0 spiro atoms. The molecule has 2 aliphatic heterocycles. The second kappa shape index (κ2) is 9.90. The third-order valence-corrected chi connectivity index (χ3v) is 10.6. The van der Waals surface area contributed by atoms with Crippen molar-refractivity contribution in [1.82, 2.24) is 19.5 Å². The van der Waals surface area contributed by atoms with Gasteiger partial charge in [-0.3, -0.25) is 9.59 Å². The Hall–Kier alpha value is -3.79. The van der Waals surface area contributed by atoms with Crippen LogP contribution in [0.25, 0.3) is 16.9 Å². The topological polar surface area (TPSA) is 96.8 Å². The maximum atomic E-state index is 15.6. The first kappa shape index (κ1) is 27.1. The molecule has 218 valence electrons. The molecule has 1 saturated carbocycles. The second-order valence-corrected chi connectivity index (χ2v) is 13.5. The SMILES string of the molecule is C[C@@H]1c2ccsc2CCN1C(=O)c1cc(C2CC2)n2nc(-c3ccc(N4CC[C@H](C(C)(C)C(N)=O)C4)cc3F)cc2n1. The maximum Gasteiger partial charge on any atom is 0.273 e. The van der Waals surface area contributed by atoms with Gasteiger partial charge < -0.3 is 15.5 Å². The van der Waals surface area contributed by atoms with E-state index in [2.05, 4.69) is 23.3 Å². The number of nitrogens with two attached hydrogens (primary N) is 1. The highest BCUT2D eigenvalue weighted by atomic mass is 32.1. The number of nitrogens with zero attached hydrogens (tertiary/aromatic N) is 5. The number of hydrogen-bond donors (Lipinski definition) is 1. The number of hydrogen-bond acceptors (Lipinski definition) is 6. The van der Waals surface area contributed by atoms with Crippen LogP contribution in [-0.4, -0.2) is 50.9 Å². The van der Waals surface area contributed by atoms with Crippen LogP contribution in [0.4, 0.5) is 10.1 Å². The average molecular weight is 587 g/mol. The van der Waals surface area contributed by atoms with Gasteiger partial charge in [-0.2, -0.15) is 5.10 Å². The van der Waals surface area contributed by atoms with Crippen LogP contribution >= 0.6 is 11.3 Å². The fourth-order valence-corrected chi connectivity index (χ4v) is 7.50. The number of amides is 2. The summed E-state index contributed by atoms with van der Waals surface area (Å²) in [5, 5.41) is 6.87. The van der Waals surface area contributed by atoms with Crippen molar-refractivity contribution in [3.05, 3.63) is 69.4 Å². The van der Waals surface area contributed by atoms with E-state index in [1.807, 2.05) is 30.9 Å². The zero-order chi connectivity index (χ0) is 29.3. The van der Waals surface area contributed by atoms with E-state index in [-0.39, 0.29) is 29.6 Å². The Morgan fingerprint density at radius 2 is 1.90 bits per heavy atom. The number of primary amides is 1. The zero-order valence-electron chi connectivity index (χ0n) is 24.1. The molecule has 3 aromatic heterocycles. The van der Waals surface area contributed by atoms with E-state index in [9.17, 15) is 9.59 Å². The van der Waals surface area contributed by atoms with Crippen LogP contribution in [0.15, 0.2) is 41.8 Å². The summed E-state index contributed by atoms with van der Waals surface area (Å²) in [7, 11) is 0. The molecular weight excluding hydrogens is 551 g/mol. The normalized spacial score (nSPS) is 20.8. The van der Waals surface area contributed by atoms with Gasteiger partial charge in [0.15, 0.2) is 5.65 Å². The van der Waals surface area contributed by atoms with Gasteiger partial charge in [0.05, 0.1) is 11.7 Å². The highest BCUT2D eigenvalue weighted by molar-refractivity contribution is 7.10. The van der Waals surface area contributed by atoms with Crippen LogP contribution in [0.3, 0.4) is 0 Å². The van der Waals surface area contributed by atoms with E-state index in [0.717, 1.165) is 43.6 Å². The Balaban J connectivity index is 1.18. The predicted octanol–water partition coefficient (Wildman–Crippen LogP) is 5.57. The standard InChI is InChI=1S/C32H35FN6O2S/c1-18-22-10-13-42-28(22)9-12-38(18)30(40)26-15-27(19-4-5-19)39-29(35-26)16-25(36-39)23-7-6-21(14-24(23)33)37-11-8-20(17-37)32(2,3)31(34)41/h6-7,10,13-16,18-20H,4-5,8-9,11-12,17H2,1-3H3,(H2,34,41)/t18-,20+/m1/s1. The van der Waals surface area contributed by atoms with Gasteiger partial charge in [0.25, 0.3) is 5.91 Å². The molecule has 10 heteroatoms. The Morgan fingerprint density at radius 1 is 1.10 bits per heavy atom. The predicted molar refractivity (Wildman–Crippen MR) is 161 cm³/mol. The molecule has 2 fully saturated rings. The summed E-state index contributed by atoms with van der Waals surface area (Å²) in [6.07, 6.45) is 3.75. The molecule has 1 aliphatic carbocycles. The van der Waals surface area contributed by atoms with Crippen LogP contribution in [0.1, 0.15) is 78.6 Å². The summed E-state index contributed by atoms with van der Waals surface area (Å²) in [6, 6.07) is 11.0. The monoisotopic (exact) mass is 586 g/mol. The van der Waals surface area contributed by atoms with Crippen LogP contribution in [0.2, 0.25) is 0 Å². The third kappa shape index (κ3) is 4.47. The molecule has 0 radical (unpaired) electrons. The number of carbonyl (C=O) groups excluding carboxylic acids is 2. The smallest absolute Gasteiger partial charge is 0.273 e. The highest BCUT2D eigenvalue weighted by Gasteiger charge is 2.39. The summed E-state index contributed by atoms with van der Waals surface area (Å²) < 4.78 is 17.4. The fourth-order valence-electron chi connectivity index (χ4n) is 6.54. The van der Waals surface area contributed by atoms with Crippen LogP contribution in [0, 0.1) is 17.2 Å². The van der Waals surface area contributed by atoms with Gasteiger partial charge in [-0.1, -0.05) is 13.8 Å². The first-order valence-electron chi connectivity index (χ1n) is 14.7. The van der Waals surface area contributed by atoms with Gasteiger partial charge >= 0.3 is 0 Å². The summed E-state index contributed by atoms with van der Waals surface area (Å²) in [5.74, 6) is -0.331. The van der Waals surface area contributed by atoms with Crippen LogP contribution in [-0.2, 0) is 11.2 Å². The van der Waals surface area contributed by atoms with Crippen molar-refractivity contribution in [2.24, 2.45) is 17.1 Å². The largest absolute Gasteiger partial charge is 0.371 e. The van der Waals surface area contributed by atoms with E-state index >= 15 is 4.39 Å². The summed E-state index contributed by atoms with van der Waals surface area (Å²) in [4.78, 5) is 35.8. The molecule has 7 rings (SSSR count). The minimum Gasteiger partial charge on any atom is -0.371 e. The molecule has 1 aromatic carbocycles. The Labute approximate surface area is 248 Å². The molecule has 0 unspecified atom stereocenters. The summed E-state index contributed by atoms with van der Waals surface area (Å²) in [5.41, 5.74) is 9.81. The van der Waals surface area contributed by atoms with Gasteiger partial charge in [-0.15, -0.1) is 11.3 Å². The van der Waals surface area contributed by atoms with Gasteiger partial charge in [-0.25, -0.2) is 13.9 Å². The van der Waals surface area contributed by atoms with E-state index in [1.54, 1.807) is 34.1 Å². The minimum atomic E-state index is -0.616. The van der Waals surface area contributed by atoms with Crippen molar-refractivity contribution in [1.29, 1.82) is 0 Å². The Kier molecular flexibility index (Phi) is 6.38. The molecule has 8 nitrogen and oxygen atoms in total. The highest BCUT2D eigenvalue weighted by Crippen LogP contribution is 2.42. The Bertz CT molecular complexity index is 1720. The number of halogens is 1. The van der Waals surface area contributed by atoms with Gasteiger partial charge in [0.2, 0.25) is 5.91 Å². The molecule has 2 amide bonds. The van der Waals surface area contributed by atoms with Crippen molar-refractivity contribution < 1.29 is 14.0 Å². The first-order valence-corrected chi connectivity index (χ1v) is 15.6. The van der Waals surface area contributed by atoms with Crippen molar-refractivity contribution >= 4 is 34.5 Å². The minimum absolute atomic E-state index is 0.00395. The molecule has 0 bridgehead atoms. The van der Waals surface area contributed by atoms with E-state index in [1.165, 1.54) is 10.4 Å². The molecule has 2 atom stereocenters. The van der Waals surface area contributed by atoms with Gasteiger partial charge in [0, 0.05) is 58.9 Å².